The second-order valence-corrected chi connectivity index (χ2v) is 5.65. The molecular formula is C14H14N4S. The van der Waals surface area contributed by atoms with Gasteiger partial charge in [-0.05, 0) is 31.5 Å². The van der Waals surface area contributed by atoms with Crippen molar-refractivity contribution in [3.05, 3.63) is 35.0 Å². The highest BCUT2D eigenvalue weighted by atomic mass is 32.1. The Morgan fingerprint density at radius 2 is 2.05 bits per heavy atom. The summed E-state index contributed by atoms with van der Waals surface area (Å²) in [6.07, 6.45) is 3.61. The molecule has 3 rings (SSSR count). The van der Waals surface area contributed by atoms with Gasteiger partial charge in [0.15, 0.2) is 5.82 Å². The third kappa shape index (κ3) is 2.06. The van der Waals surface area contributed by atoms with Crippen molar-refractivity contribution in [2.45, 2.75) is 13.8 Å². The van der Waals surface area contributed by atoms with Crippen LogP contribution in [0.25, 0.3) is 21.6 Å². The van der Waals surface area contributed by atoms with E-state index < -0.39 is 0 Å². The number of hydrogen-bond donors (Lipinski definition) is 1. The van der Waals surface area contributed by atoms with Gasteiger partial charge in [0.1, 0.15) is 10.6 Å². The molecule has 0 saturated carbocycles. The normalized spacial score (nSPS) is 10.9. The number of anilines is 1. The summed E-state index contributed by atoms with van der Waals surface area (Å²) in [5.74, 6) is 1.62. The molecule has 0 amide bonds. The highest BCUT2D eigenvalue weighted by Gasteiger charge is 2.12. The van der Waals surface area contributed by atoms with Crippen molar-refractivity contribution in [1.82, 2.24) is 15.0 Å². The van der Waals surface area contributed by atoms with Crippen molar-refractivity contribution in [3.8, 4) is 11.4 Å². The van der Waals surface area contributed by atoms with Gasteiger partial charge in [-0.3, -0.25) is 4.98 Å². The summed E-state index contributed by atoms with van der Waals surface area (Å²) in [6.45, 7) is 4.11. The number of thiophene rings is 1. The summed E-state index contributed by atoms with van der Waals surface area (Å²) in [5.41, 5.74) is 2.11. The number of nitrogens with one attached hydrogen (secondary N) is 1. The zero-order valence-electron chi connectivity index (χ0n) is 11.1. The van der Waals surface area contributed by atoms with E-state index in [0.29, 0.717) is 0 Å². The summed E-state index contributed by atoms with van der Waals surface area (Å²) in [4.78, 5) is 15.7. The molecule has 3 aromatic rings. The highest BCUT2D eigenvalue weighted by molar-refractivity contribution is 7.18. The standard InChI is InChI=1S/C14H14N4S/c1-8-7-16-5-4-10(8)13-17-12(15-3)11-6-9(2)19-14(11)18-13/h4-7H,1-3H3,(H,15,17,18). The maximum Gasteiger partial charge on any atom is 0.163 e. The van der Waals surface area contributed by atoms with E-state index in [1.807, 2.05) is 26.2 Å². The number of aryl methyl sites for hydroxylation is 2. The molecule has 96 valence electrons. The lowest BCUT2D eigenvalue weighted by Crippen LogP contribution is -1.98. The van der Waals surface area contributed by atoms with Crippen molar-refractivity contribution < 1.29 is 0 Å². The topological polar surface area (TPSA) is 50.7 Å². The summed E-state index contributed by atoms with van der Waals surface area (Å²) in [6, 6.07) is 4.07. The molecule has 19 heavy (non-hydrogen) atoms. The molecule has 5 heteroatoms. The Hall–Kier alpha value is -2.01. The minimum atomic E-state index is 0.749. The first-order valence-corrected chi connectivity index (χ1v) is 6.87. The molecule has 0 spiro atoms. The minimum Gasteiger partial charge on any atom is -0.372 e. The summed E-state index contributed by atoms with van der Waals surface area (Å²) < 4.78 is 0. The Morgan fingerprint density at radius 3 is 2.79 bits per heavy atom. The van der Waals surface area contributed by atoms with Gasteiger partial charge in [-0.25, -0.2) is 9.97 Å². The van der Waals surface area contributed by atoms with Crippen LogP contribution in [0.15, 0.2) is 24.5 Å². The molecule has 0 saturated heterocycles. The first-order chi connectivity index (χ1) is 9.19. The van der Waals surface area contributed by atoms with E-state index in [1.54, 1.807) is 17.5 Å². The maximum absolute atomic E-state index is 4.68. The van der Waals surface area contributed by atoms with Crippen LogP contribution in [0.4, 0.5) is 5.82 Å². The average Bonchev–Trinajstić information content (AvgIpc) is 2.78. The predicted molar refractivity (Wildman–Crippen MR) is 79.7 cm³/mol. The molecule has 0 unspecified atom stereocenters. The van der Waals surface area contributed by atoms with Crippen molar-refractivity contribution >= 4 is 27.4 Å². The molecule has 0 aliphatic carbocycles. The third-order valence-corrected chi connectivity index (χ3v) is 3.96. The molecule has 0 atom stereocenters. The van der Waals surface area contributed by atoms with Crippen LogP contribution in [-0.4, -0.2) is 22.0 Å². The van der Waals surface area contributed by atoms with Crippen molar-refractivity contribution in [3.63, 3.8) is 0 Å². The van der Waals surface area contributed by atoms with Crippen LogP contribution >= 0.6 is 11.3 Å². The van der Waals surface area contributed by atoms with Crippen LogP contribution < -0.4 is 5.32 Å². The van der Waals surface area contributed by atoms with Crippen LogP contribution in [0.3, 0.4) is 0 Å². The molecule has 0 aliphatic heterocycles. The van der Waals surface area contributed by atoms with Gasteiger partial charge in [0.25, 0.3) is 0 Å². The fraction of sp³-hybridized carbons (Fsp3) is 0.214. The average molecular weight is 270 g/mol. The van der Waals surface area contributed by atoms with Gasteiger partial charge in [-0.2, -0.15) is 0 Å². The van der Waals surface area contributed by atoms with Crippen molar-refractivity contribution in [2.75, 3.05) is 12.4 Å². The van der Waals surface area contributed by atoms with E-state index in [1.165, 1.54) is 4.88 Å². The predicted octanol–water partition coefficient (Wildman–Crippen LogP) is 3.41. The molecule has 0 fully saturated rings. The van der Waals surface area contributed by atoms with Gasteiger partial charge >= 0.3 is 0 Å². The first kappa shape index (κ1) is 12.0. The second kappa shape index (κ2) is 4.59. The Morgan fingerprint density at radius 1 is 1.21 bits per heavy atom. The molecule has 4 nitrogen and oxygen atoms in total. The van der Waals surface area contributed by atoms with Gasteiger partial charge in [0, 0.05) is 29.9 Å². The third-order valence-electron chi connectivity index (χ3n) is 3.01. The molecule has 0 aliphatic rings. The molecular weight excluding hydrogens is 256 g/mol. The molecule has 0 aromatic carbocycles. The summed E-state index contributed by atoms with van der Waals surface area (Å²) in [5, 5.41) is 4.24. The van der Waals surface area contributed by atoms with E-state index >= 15 is 0 Å². The Balaban J connectivity index is 2.28. The van der Waals surface area contributed by atoms with E-state index in [0.717, 1.165) is 33.0 Å². The number of aromatic nitrogens is 3. The maximum atomic E-state index is 4.68. The van der Waals surface area contributed by atoms with Crippen LogP contribution in [0.2, 0.25) is 0 Å². The largest absolute Gasteiger partial charge is 0.372 e. The van der Waals surface area contributed by atoms with Crippen LogP contribution in [0, 0.1) is 13.8 Å². The zero-order chi connectivity index (χ0) is 13.4. The van der Waals surface area contributed by atoms with Crippen molar-refractivity contribution in [1.29, 1.82) is 0 Å². The van der Waals surface area contributed by atoms with E-state index in [-0.39, 0.29) is 0 Å². The molecule has 0 bridgehead atoms. The van der Waals surface area contributed by atoms with Gasteiger partial charge in [0.2, 0.25) is 0 Å². The Kier molecular flexibility index (Phi) is 2.91. The monoisotopic (exact) mass is 270 g/mol. The first-order valence-electron chi connectivity index (χ1n) is 6.06. The Bertz CT molecular complexity index is 748. The van der Waals surface area contributed by atoms with E-state index in [4.69, 9.17) is 0 Å². The number of rotatable bonds is 2. The number of pyridine rings is 1. The van der Waals surface area contributed by atoms with Crippen LogP contribution in [0.5, 0.6) is 0 Å². The van der Waals surface area contributed by atoms with Gasteiger partial charge in [-0.15, -0.1) is 11.3 Å². The number of fused-ring (bicyclic) bond motifs is 1. The smallest absolute Gasteiger partial charge is 0.163 e. The molecule has 3 heterocycles. The fourth-order valence-corrected chi connectivity index (χ4v) is 2.96. The molecule has 3 aromatic heterocycles. The summed E-state index contributed by atoms with van der Waals surface area (Å²) in [7, 11) is 1.89. The van der Waals surface area contributed by atoms with Gasteiger partial charge in [0.05, 0.1) is 5.39 Å². The SMILES string of the molecule is CNc1nc(-c2ccncc2C)nc2sc(C)cc12. The highest BCUT2D eigenvalue weighted by Crippen LogP contribution is 2.31. The molecule has 1 N–H and O–H groups in total. The molecule has 0 radical (unpaired) electrons. The second-order valence-electron chi connectivity index (χ2n) is 4.41. The van der Waals surface area contributed by atoms with Crippen molar-refractivity contribution in [2.24, 2.45) is 0 Å². The fourth-order valence-electron chi connectivity index (χ4n) is 2.08. The minimum absolute atomic E-state index is 0.749. The van der Waals surface area contributed by atoms with Gasteiger partial charge < -0.3 is 5.32 Å². The van der Waals surface area contributed by atoms with Crippen LogP contribution in [0.1, 0.15) is 10.4 Å². The number of hydrogen-bond acceptors (Lipinski definition) is 5. The number of nitrogens with zero attached hydrogens (tertiary/aromatic N) is 3. The van der Waals surface area contributed by atoms with Crippen LogP contribution in [-0.2, 0) is 0 Å². The lowest BCUT2D eigenvalue weighted by atomic mass is 10.1. The van der Waals surface area contributed by atoms with E-state index in [9.17, 15) is 0 Å². The van der Waals surface area contributed by atoms with Gasteiger partial charge in [-0.1, -0.05) is 0 Å². The lowest BCUT2D eigenvalue weighted by Gasteiger charge is -2.07. The van der Waals surface area contributed by atoms with E-state index in [2.05, 4.69) is 33.3 Å². The lowest BCUT2D eigenvalue weighted by molar-refractivity contribution is 1.19. The zero-order valence-corrected chi connectivity index (χ0v) is 11.9. The summed E-state index contributed by atoms with van der Waals surface area (Å²) >= 11 is 1.69. The Labute approximate surface area is 115 Å². The quantitative estimate of drug-likeness (QED) is 0.775.